The zero-order valence-electron chi connectivity index (χ0n) is 20.0. The van der Waals surface area contributed by atoms with Crippen LogP contribution < -0.4 is 19.7 Å². The second-order valence-electron chi connectivity index (χ2n) is 7.75. The monoisotopic (exact) mass is 479 g/mol. The molecule has 0 saturated carbocycles. The Morgan fingerprint density at radius 1 is 0.943 bits per heavy atom. The Kier molecular flexibility index (Phi) is 9.30. The van der Waals surface area contributed by atoms with Gasteiger partial charge in [0.05, 0.1) is 7.11 Å². The van der Waals surface area contributed by atoms with Crippen LogP contribution in [0, 0.1) is 0 Å². The quantitative estimate of drug-likeness (QED) is 0.417. The molecule has 0 saturated heterocycles. The molecule has 1 N–H and O–H groups in total. The van der Waals surface area contributed by atoms with Crippen LogP contribution in [0.3, 0.4) is 0 Å². The highest BCUT2D eigenvalue weighted by Crippen LogP contribution is 2.22. The molecule has 0 aliphatic rings. The van der Waals surface area contributed by atoms with Crippen molar-refractivity contribution in [3.8, 4) is 11.5 Å². The number of amides is 1. The van der Waals surface area contributed by atoms with E-state index < -0.39 is 18.1 Å². The Morgan fingerprint density at radius 3 is 2.29 bits per heavy atom. The zero-order valence-corrected chi connectivity index (χ0v) is 20.0. The summed E-state index contributed by atoms with van der Waals surface area (Å²) in [6.07, 6.45) is 2.77. The maximum atomic E-state index is 12.1. The number of hydrogen-bond donors (Lipinski definition) is 1. The smallest absolute Gasteiger partial charge is 0.408 e. The first-order valence-electron chi connectivity index (χ1n) is 11.0. The number of carbonyl (C=O) groups is 2. The molecule has 1 amide bonds. The standard InChI is InChI=1S/C26H29N3O6/c1-29(2)24-13-14-27-15-20(24)17-33-21-9-11-22(12-10-21)34-18-23(25(30)32-3)28-26(31)35-16-19-7-5-4-6-8-19/h4-15,23H,16-18H2,1-3H3,(H,28,31). The predicted octanol–water partition coefficient (Wildman–Crippen LogP) is 3.57. The van der Waals surface area contributed by atoms with Crippen molar-refractivity contribution in [2.24, 2.45) is 0 Å². The first kappa shape index (κ1) is 25.4. The molecule has 9 heteroatoms. The maximum absolute atomic E-state index is 12.1. The van der Waals surface area contributed by atoms with E-state index in [0.717, 1.165) is 16.8 Å². The summed E-state index contributed by atoms with van der Waals surface area (Å²) >= 11 is 0. The average Bonchev–Trinajstić information content (AvgIpc) is 2.89. The van der Waals surface area contributed by atoms with Gasteiger partial charge in [-0.3, -0.25) is 4.98 Å². The Bertz CT molecular complexity index is 1090. The van der Waals surface area contributed by atoms with E-state index in [1.165, 1.54) is 7.11 Å². The molecule has 0 spiro atoms. The van der Waals surface area contributed by atoms with Crippen LogP contribution in [-0.4, -0.2) is 50.9 Å². The summed E-state index contributed by atoms with van der Waals surface area (Å²) in [5.41, 5.74) is 2.82. The largest absolute Gasteiger partial charge is 0.491 e. The predicted molar refractivity (Wildman–Crippen MR) is 130 cm³/mol. The van der Waals surface area contributed by atoms with Gasteiger partial charge in [-0.1, -0.05) is 30.3 Å². The number of pyridine rings is 1. The van der Waals surface area contributed by atoms with Crippen molar-refractivity contribution in [2.45, 2.75) is 19.3 Å². The molecule has 3 aromatic rings. The minimum Gasteiger partial charge on any atom is -0.491 e. The fraction of sp³-hybridized carbons (Fsp3) is 0.269. The number of carbonyl (C=O) groups excluding carboxylic acids is 2. The SMILES string of the molecule is COC(=O)C(COc1ccc(OCc2cnccc2N(C)C)cc1)NC(=O)OCc1ccccc1. The molecule has 9 nitrogen and oxygen atoms in total. The molecule has 2 aromatic carbocycles. The summed E-state index contributed by atoms with van der Waals surface area (Å²) in [7, 11) is 5.16. The molecule has 0 bridgehead atoms. The van der Waals surface area contributed by atoms with Crippen molar-refractivity contribution in [3.63, 3.8) is 0 Å². The first-order chi connectivity index (χ1) is 17.0. The summed E-state index contributed by atoms with van der Waals surface area (Å²) in [5.74, 6) is 0.508. The number of esters is 1. The molecular formula is C26H29N3O6. The Balaban J connectivity index is 1.50. The van der Waals surface area contributed by atoms with Crippen LogP contribution in [0.4, 0.5) is 10.5 Å². The normalized spacial score (nSPS) is 11.2. The number of methoxy groups -OCH3 is 1. The Labute approximate surface area is 204 Å². The highest BCUT2D eigenvalue weighted by molar-refractivity contribution is 5.81. The lowest BCUT2D eigenvalue weighted by Crippen LogP contribution is -2.45. The van der Waals surface area contributed by atoms with Crippen LogP contribution in [0.5, 0.6) is 11.5 Å². The lowest BCUT2D eigenvalue weighted by atomic mass is 10.2. The van der Waals surface area contributed by atoms with E-state index in [-0.39, 0.29) is 13.2 Å². The van der Waals surface area contributed by atoms with Gasteiger partial charge in [0, 0.05) is 37.7 Å². The maximum Gasteiger partial charge on any atom is 0.408 e. The second kappa shape index (κ2) is 12.8. The van der Waals surface area contributed by atoms with Gasteiger partial charge in [0.2, 0.25) is 0 Å². The van der Waals surface area contributed by atoms with Crippen molar-refractivity contribution in [1.29, 1.82) is 0 Å². The molecule has 3 rings (SSSR count). The summed E-state index contributed by atoms with van der Waals surface area (Å²) in [5, 5.41) is 2.48. The molecule has 0 radical (unpaired) electrons. The summed E-state index contributed by atoms with van der Waals surface area (Å²) in [6, 6.07) is 17.1. The van der Waals surface area contributed by atoms with Crippen LogP contribution in [0.1, 0.15) is 11.1 Å². The Morgan fingerprint density at radius 2 is 1.63 bits per heavy atom. The van der Waals surface area contributed by atoms with E-state index in [2.05, 4.69) is 10.3 Å². The minimum absolute atomic E-state index is 0.0813. The third-order valence-electron chi connectivity index (χ3n) is 4.98. The zero-order chi connectivity index (χ0) is 25.0. The lowest BCUT2D eigenvalue weighted by molar-refractivity contribution is -0.143. The van der Waals surface area contributed by atoms with Crippen molar-refractivity contribution in [3.05, 3.63) is 84.2 Å². The fourth-order valence-corrected chi connectivity index (χ4v) is 3.16. The van der Waals surface area contributed by atoms with Gasteiger partial charge in [-0.15, -0.1) is 0 Å². The summed E-state index contributed by atoms with van der Waals surface area (Å²) in [6.45, 7) is 0.314. The third kappa shape index (κ3) is 7.92. The topological polar surface area (TPSA) is 99.2 Å². The number of benzene rings is 2. The van der Waals surface area contributed by atoms with Gasteiger partial charge in [0.25, 0.3) is 0 Å². The van der Waals surface area contributed by atoms with E-state index in [0.29, 0.717) is 18.1 Å². The van der Waals surface area contributed by atoms with Crippen LogP contribution in [-0.2, 0) is 27.5 Å². The molecule has 0 aliphatic carbocycles. The molecule has 1 atom stereocenters. The summed E-state index contributed by atoms with van der Waals surface area (Å²) < 4.78 is 21.5. The van der Waals surface area contributed by atoms with Gasteiger partial charge in [0.1, 0.15) is 31.3 Å². The van der Waals surface area contributed by atoms with Gasteiger partial charge in [0.15, 0.2) is 6.04 Å². The fourth-order valence-electron chi connectivity index (χ4n) is 3.16. The van der Waals surface area contributed by atoms with Crippen LogP contribution in [0.15, 0.2) is 73.1 Å². The number of anilines is 1. The molecule has 0 aliphatic heterocycles. The van der Waals surface area contributed by atoms with Gasteiger partial charge in [-0.2, -0.15) is 0 Å². The molecule has 1 unspecified atom stereocenters. The number of alkyl carbamates (subject to hydrolysis) is 1. The van der Waals surface area contributed by atoms with Gasteiger partial charge in [-0.05, 0) is 35.9 Å². The van der Waals surface area contributed by atoms with Gasteiger partial charge in [-0.25, -0.2) is 9.59 Å². The first-order valence-corrected chi connectivity index (χ1v) is 11.0. The highest BCUT2D eigenvalue weighted by atomic mass is 16.6. The van der Waals surface area contributed by atoms with Gasteiger partial charge < -0.3 is 29.2 Å². The van der Waals surface area contributed by atoms with E-state index in [4.69, 9.17) is 18.9 Å². The molecule has 1 aromatic heterocycles. The van der Waals surface area contributed by atoms with Crippen LogP contribution in [0.25, 0.3) is 0 Å². The number of rotatable bonds is 11. The van der Waals surface area contributed by atoms with Crippen LogP contribution in [0.2, 0.25) is 0 Å². The minimum atomic E-state index is -1.03. The number of ether oxygens (including phenoxy) is 4. The van der Waals surface area contributed by atoms with Crippen molar-refractivity contribution in [1.82, 2.24) is 10.3 Å². The molecule has 184 valence electrons. The number of nitrogens with zero attached hydrogens (tertiary/aromatic N) is 2. The Hall–Kier alpha value is -4.27. The second-order valence-corrected chi connectivity index (χ2v) is 7.75. The number of hydrogen-bond acceptors (Lipinski definition) is 8. The molecule has 0 fully saturated rings. The molecule has 35 heavy (non-hydrogen) atoms. The summed E-state index contributed by atoms with van der Waals surface area (Å²) in [4.78, 5) is 30.4. The average molecular weight is 480 g/mol. The van der Waals surface area contributed by atoms with E-state index in [1.54, 1.807) is 36.7 Å². The lowest BCUT2D eigenvalue weighted by Gasteiger charge is -2.18. The van der Waals surface area contributed by atoms with E-state index in [1.807, 2.05) is 55.4 Å². The van der Waals surface area contributed by atoms with Crippen molar-refractivity contribution < 1.29 is 28.5 Å². The highest BCUT2D eigenvalue weighted by Gasteiger charge is 2.23. The van der Waals surface area contributed by atoms with E-state index in [9.17, 15) is 9.59 Å². The number of aromatic nitrogens is 1. The molecular weight excluding hydrogens is 450 g/mol. The van der Waals surface area contributed by atoms with Gasteiger partial charge >= 0.3 is 12.1 Å². The van der Waals surface area contributed by atoms with Crippen LogP contribution >= 0.6 is 0 Å². The van der Waals surface area contributed by atoms with E-state index >= 15 is 0 Å². The number of nitrogens with one attached hydrogen (secondary N) is 1. The molecule has 1 heterocycles. The third-order valence-corrected chi connectivity index (χ3v) is 4.98. The van der Waals surface area contributed by atoms with Crippen molar-refractivity contribution >= 4 is 17.7 Å². The van der Waals surface area contributed by atoms with Crippen molar-refractivity contribution in [2.75, 3.05) is 32.7 Å².